The average Bonchev–Trinajstić information content (AvgIpc) is 2.76. The molecule has 2 rings (SSSR count). The topological polar surface area (TPSA) is 46.9 Å². The Morgan fingerprint density at radius 2 is 2.05 bits per heavy atom. The van der Waals surface area contributed by atoms with Crippen molar-refractivity contribution >= 4 is 17.5 Å². The van der Waals surface area contributed by atoms with Crippen LogP contribution in [-0.2, 0) is 7.05 Å². The summed E-state index contributed by atoms with van der Waals surface area (Å²) in [4.78, 5) is 12.3. The molecule has 1 unspecified atom stereocenters. The molecule has 5 heteroatoms. The zero-order chi connectivity index (χ0) is 14.7. The van der Waals surface area contributed by atoms with Gasteiger partial charge in [-0.05, 0) is 37.1 Å². The minimum Gasteiger partial charge on any atom is -0.344 e. The summed E-state index contributed by atoms with van der Waals surface area (Å²) < 4.78 is 1.60. The van der Waals surface area contributed by atoms with Crippen LogP contribution in [0.15, 0.2) is 30.3 Å². The first kappa shape index (κ1) is 14.6. The van der Waals surface area contributed by atoms with Crippen LogP contribution in [-0.4, -0.2) is 15.7 Å². The molecular weight excluding hydrogens is 274 g/mol. The second-order valence-corrected chi connectivity index (χ2v) is 5.22. The quantitative estimate of drug-likeness (QED) is 0.940. The summed E-state index contributed by atoms with van der Waals surface area (Å²) in [5.41, 5.74) is 2.44. The monoisotopic (exact) mass is 291 g/mol. The Kier molecular flexibility index (Phi) is 4.45. The molecule has 1 heterocycles. The Bertz CT molecular complexity index is 604. The highest BCUT2D eigenvalue weighted by molar-refractivity contribution is 6.30. The number of nitrogens with one attached hydrogen (secondary N) is 1. The summed E-state index contributed by atoms with van der Waals surface area (Å²) in [5.74, 6) is -0.116. The van der Waals surface area contributed by atoms with Crippen LogP contribution in [0.2, 0.25) is 5.02 Å². The number of hydrogen-bond acceptors (Lipinski definition) is 2. The highest BCUT2D eigenvalue weighted by Crippen LogP contribution is 2.19. The predicted octanol–water partition coefficient (Wildman–Crippen LogP) is 3.26. The molecule has 0 saturated heterocycles. The maximum Gasteiger partial charge on any atom is 0.270 e. The van der Waals surface area contributed by atoms with Crippen LogP contribution in [0.25, 0.3) is 0 Å². The molecule has 1 aromatic carbocycles. The number of carbonyl (C=O) groups excluding carboxylic acids is 1. The van der Waals surface area contributed by atoms with Crippen LogP contribution in [0.5, 0.6) is 0 Å². The van der Waals surface area contributed by atoms with Crippen molar-refractivity contribution in [2.45, 2.75) is 26.3 Å². The van der Waals surface area contributed by atoms with E-state index in [9.17, 15) is 4.79 Å². The van der Waals surface area contributed by atoms with E-state index >= 15 is 0 Å². The first-order chi connectivity index (χ1) is 9.51. The van der Waals surface area contributed by atoms with Crippen molar-refractivity contribution < 1.29 is 4.79 Å². The molecule has 0 spiro atoms. The van der Waals surface area contributed by atoms with Crippen molar-refractivity contribution in [2.75, 3.05) is 0 Å². The molecule has 0 bridgehead atoms. The maximum absolute atomic E-state index is 12.3. The van der Waals surface area contributed by atoms with Gasteiger partial charge in [0.1, 0.15) is 5.69 Å². The van der Waals surface area contributed by atoms with Gasteiger partial charge in [0.05, 0.1) is 11.7 Å². The lowest BCUT2D eigenvalue weighted by atomic mass is 10.0. The zero-order valence-corrected chi connectivity index (χ0v) is 12.6. The molecule has 20 heavy (non-hydrogen) atoms. The van der Waals surface area contributed by atoms with Gasteiger partial charge in [-0.3, -0.25) is 9.48 Å². The van der Waals surface area contributed by atoms with Gasteiger partial charge in [-0.15, -0.1) is 0 Å². The van der Waals surface area contributed by atoms with Crippen molar-refractivity contribution in [2.24, 2.45) is 7.05 Å². The van der Waals surface area contributed by atoms with Crippen LogP contribution in [0.4, 0.5) is 0 Å². The van der Waals surface area contributed by atoms with E-state index in [1.807, 2.05) is 38.1 Å². The van der Waals surface area contributed by atoms with Crippen molar-refractivity contribution in [3.05, 3.63) is 52.3 Å². The summed E-state index contributed by atoms with van der Waals surface area (Å²) in [6.07, 6.45) is 0.810. The summed E-state index contributed by atoms with van der Waals surface area (Å²) >= 11 is 5.89. The minimum absolute atomic E-state index is 0.0324. The molecular formula is C15H18ClN3O. The van der Waals surface area contributed by atoms with Gasteiger partial charge in [-0.1, -0.05) is 30.7 Å². The molecule has 0 fully saturated rings. The fraction of sp³-hybridized carbons (Fsp3) is 0.333. The molecule has 1 N–H and O–H groups in total. The molecule has 106 valence electrons. The van der Waals surface area contributed by atoms with Gasteiger partial charge in [0.25, 0.3) is 5.91 Å². The van der Waals surface area contributed by atoms with Crippen LogP contribution in [0.3, 0.4) is 0 Å². The van der Waals surface area contributed by atoms with Gasteiger partial charge >= 0.3 is 0 Å². The van der Waals surface area contributed by atoms with Gasteiger partial charge in [0, 0.05) is 12.1 Å². The number of benzene rings is 1. The predicted molar refractivity (Wildman–Crippen MR) is 79.9 cm³/mol. The summed E-state index contributed by atoms with van der Waals surface area (Å²) in [7, 11) is 1.77. The van der Waals surface area contributed by atoms with E-state index in [1.165, 1.54) is 0 Å². The Morgan fingerprint density at radius 1 is 1.40 bits per heavy atom. The van der Waals surface area contributed by atoms with E-state index in [0.717, 1.165) is 17.7 Å². The maximum atomic E-state index is 12.3. The van der Waals surface area contributed by atoms with E-state index in [2.05, 4.69) is 10.4 Å². The summed E-state index contributed by atoms with van der Waals surface area (Å²) in [5, 5.41) is 7.91. The molecule has 0 aliphatic carbocycles. The number of amides is 1. The number of nitrogens with zero attached hydrogens (tertiary/aromatic N) is 2. The number of carbonyl (C=O) groups is 1. The molecule has 1 aromatic heterocycles. The summed E-state index contributed by atoms with van der Waals surface area (Å²) in [6, 6.07) is 9.29. The molecule has 0 aliphatic rings. The van der Waals surface area contributed by atoms with Crippen LogP contribution in [0.1, 0.15) is 41.1 Å². The Balaban J connectivity index is 2.16. The minimum atomic E-state index is -0.116. The highest BCUT2D eigenvalue weighted by atomic mass is 35.5. The van der Waals surface area contributed by atoms with Crippen LogP contribution in [0, 0.1) is 6.92 Å². The van der Waals surface area contributed by atoms with Gasteiger partial charge in [-0.25, -0.2) is 0 Å². The highest BCUT2D eigenvalue weighted by Gasteiger charge is 2.17. The molecule has 0 aliphatic heterocycles. The number of hydrogen-bond donors (Lipinski definition) is 1. The van der Waals surface area contributed by atoms with Crippen LogP contribution < -0.4 is 5.32 Å². The molecule has 1 atom stereocenters. The second-order valence-electron chi connectivity index (χ2n) is 4.78. The van der Waals surface area contributed by atoms with Crippen LogP contribution >= 0.6 is 11.6 Å². The van der Waals surface area contributed by atoms with Crippen molar-refractivity contribution in [3.63, 3.8) is 0 Å². The SMILES string of the molecule is CCC(NC(=O)c1cc(C)nn1C)c1ccc(Cl)cc1. The van der Waals surface area contributed by atoms with Crippen molar-refractivity contribution in [3.8, 4) is 0 Å². The lowest BCUT2D eigenvalue weighted by Crippen LogP contribution is -2.29. The Labute approximate surface area is 123 Å². The third-order valence-electron chi connectivity index (χ3n) is 3.22. The normalized spacial score (nSPS) is 12.2. The number of rotatable bonds is 4. The largest absolute Gasteiger partial charge is 0.344 e. The zero-order valence-electron chi connectivity index (χ0n) is 11.9. The van der Waals surface area contributed by atoms with E-state index in [0.29, 0.717) is 10.7 Å². The first-order valence-electron chi connectivity index (χ1n) is 6.58. The third-order valence-corrected chi connectivity index (χ3v) is 3.47. The smallest absolute Gasteiger partial charge is 0.270 e. The van der Waals surface area contributed by atoms with E-state index in [1.54, 1.807) is 17.8 Å². The number of halogens is 1. The lowest BCUT2D eigenvalue weighted by Gasteiger charge is -2.17. The van der Waals surface area contributed by atoms with Gasteiger partial charge in [-0.2, -0.15) is 5.10 Å². The molecule has 0 saturated carbocycles. The van der Waals surface area contributed by atoms with Gasteiger partial charge in [0.2, 0.25) is 0 Å². The molecule has 4 nitrogen and oxygen atoms in total. The van der Waals surface area contributed by atoms with Crippen molar-refractivity contribution in [1.82, 2.24) is 15.1 Å². The second kappa shape index (κ2) is 6.09. The van der Waals surface area contributed by atoms with Gasteiger partial charge < -0.3 is 5.32 Å². The number of aromatic nitrogens is 2. The lowest BCUT2D eigenvalue weighted by molar-refractivity contribution is 0.0926. The molecule has 1 amide bonds. The number of aryl methyl sites for hydroxylation is 2. The fourth-order valence-corrected chi connectivity index (χ4v) is 2.30. The van der Waals surface area contributed by atoms with Gasteiger partial charge in [0.15, 0.2) is 0 Å². The van der Waals surface area contributed by atoms with E-state index in [4.69, 9.17) is 11.6 Å². The molecule has 0 radical (unpaired) electrons. The van der Waals surface area contributed by atoms with E-state index < -0.39 is 0 Å². The first-order valence-corrected chi connectivity index (χ1v) is 6.96. The van der Waals surface area contributed by atoms with E-state index in [-0.39, 0.29) is 11.9 Å². The average molecular weight is 292 g/mol. The fourth-order valence-electron chi connectivity index (χ4n) is 2.17. The summed E-state index contributed by atoms with van der Waals surface area (Å²) in [6.45, 7) is 3.90. The Morgan fingerprint density at radius 3 is 2.55 bits per heavy atom. The third kappa shape index (κ3) is 3.20. The standard InChI is InChI=1S/C15H18ClN3O/c1-4-13(11-5-7-12(16)8-6-11)17-15(20)14-9-10(2)18-19(14)3/h5-9,13H,4H2,1-3H3,(H,17,20). The Hall–Kier alpha value is -1.81. The molecule has 2 aromatic rings. The van der Waals surface area contributed by atoms with Crippen molar-refractivity contribution in [1.29, 1.82) is 0 Å².